The Balaban J connectivity index is 1.83. The normalized spacial score (nSPS) is 10.7. The number of hydrogen-bond acceptors (Lipinski definition) is 8. The average molecular weight is 479 g/mol. The van der Waals surface area contributed by atoms with E-state index in [4.69, 9.17) is 9.47 Å². The molecule has 0 saturated carbocycles. The van der Waals surface area contributed by atoms with Gasteiger partial charge in [0.1, 0.15) is 21.3 Å². The molecule has 12 heteroatoms. The number of halogens is 2. The highest BCUT2D eigenvalue weighted by molar-refractivity contribution is 7.18. The fraction of sp³-hybridized carbons (Fsp3) is 0.238. The number of nitrogens with zero attached hydrogens (tertiary/aromatic N) is 1. The summed E-state index contributed by atoms with van der Waals surface area (Å²) in [6.45, 7) is 0.425. The topological polar surface area (TPSA) is 120 Å². The first-order valence-electron chi connectivity index (χ1n) is 9.56. The van der Waals surface area contributed by atoms with Crippen LogP contribution in [0.5, 0.6) is 5.75 Å². The minimum Gasteiger partial charge on any atom is -0.465 e. The van der Waals surface area contributed by atoms with Crippen LogP contribution in [0.2, 0.25) is 0 Å². The number of H-pyrrole nitrogens is 1. The van der Waals surface area contributed by atoms with E-state index < -0.39 is 24.5 Å². The molecule has 9 nitrogen and oxygen atoms in total. The SMILES string of the molecule is CCOC(=O)c1sc(NC(=O)c2cc(-c3ccc(OC(F)F)cc3)n[nH]2)c(C(=O)OC)c1C. The van der Waals surface area contributed by atoms with Crippen molar-refractivity contribution in [3.05, 3.63) is 52.0 Å². The van der Waals surface area contributed by atoms with Gasteiger partial charge in [-0.3, -0.25) is 9.89 Å². The third-order valence-corrected chi connectivity index (χ3v) is 5.61. The van der Waals surface area contributed by atoms with Gasteiger partial charge in [0.25, 0.3) is 5.91 Å². The van der Waals surface area contributed by atoms with E-state index in [0.717, 1.165) is 11.3 Å². The molecule has 0 fully saturated rings. The second-order valence-electron chi connectivity index (χ2n) is 6.50. The van der Waals surface area contributed by atoms with Gasteiger partial charge in [0, 0.05) is 5.56 Å². The van der Waals surface area contributed by atoms with Crippen LogP contribution in [0.1, 0.15) is 43.0 Å². The lowest BCUT2D eigenvalue weighted by atomic mass is 10.1. The maximum atomic E-state index is 12.8. The zero-order valence-electron chi connectivity index (χ0n) is 17.7. The van der Waals surface area contributed by atoms with Crippen molar-refractivity contribution in [2.24, 2.45) is 0 Å². The summed E-state index contributed by atoms with van der Waals surface area (Å²) in [5.41, 5.74) is 1.38. The number of methoxy groups -OCH3 is 1. The molecule has 3 rings (SSSR count). The standard InChI is InChI=1S/C21H19F2N3O6S/c1-4-31-20(29)16-10(2)15(19(28)30-3)18(33-16)24-17(27)14-9-13(25-26-14)11-5-7-12(8-6-11)32-21(22)23/h5-9,21H,4H2,1-3H3,(H,24,27)(H,25,26). The molecule has 0 aliphatic heterocycles. The van der Waals surface area contributed by atoms with E-state index in [1.165, 1.54) is 37.4 Å². The van der Waals surface area contributed by atoms with E-state index in [-0.39, 0.29) is 33.5 Å². The molecular weight excluding hydrogens is 460 g/mol. The van der Waals surface area contributed by atoms with Gasteiger partial charge in [-0.15, -0.1) is 11.3 Å². The number of rotatable bonds is 8. The van der Waals surface area contributed by atoms with E-state index in [1.54, 1.807) is 13.8 Å². The Hall–Kier alpha value is -3.80. The number of ether oxygens (including phenoxy) is 3. The molecule has 1 aromatic carbocycles. The third kappa shape index (κ3) is 5.34. The highest BCUT2D eigenvalue weighted by atomic mass is 32.1. The van der Waals surface area contributed by atoms with Crippen molar-refractivity contribution in [3.8, 4) is 17.0 Å². The molecular formula is C21H19F2N3O6S. The van der Waals surface area contributed by atoms with Gasteiger partial charge in [-0.05, 0) is 49.7 Å². The first-order chi connectivity index (χ1) is 15.7. The fourth-order valence-corrected chi connectivity index (χ4v) is 3.99. The van der Waals surface area contributed by atoms with Crippen molar-refractivity contribution in [2.75, 3.05) is 19.0 Å². The van der Waals surface area contributed by atoms with E-state index >= 15 is 0 Å². The maximum Gasteiger partial charge on any atom is 0.387 e. The van der Waals surface area contributed by atoms with Crippen LogP contribution in [-0.2, 0) is 9.47 Å². The summed E-state index contributed by atoms with van der Waals surface area (Å²) >= 11 is 0.894. The summed E-state index contributed by atoms with van der Waals surface area (Å²) in [5, 5.41) is 9.35. The van der Waals surface area contributed by atoms with Gasteiger partial charge >= 0.3 is 18.6 Å². The van der Waals surface area contributed by atoms with E-state index in [1.807, 2.05) is 0 Å². The molecule has 0 bridgehead atoms. The lowest BCUT2D eigenvalue weighted by Gasteiger charge is -2.05. The second-order valence-corrected chi connectivity index (χ2v) is 7.52. The lowest BCUT2D eigenvalue weighted by molar-refractivity contribution is -0.0498. The summed E-state index contributed by atoms with van der Waals surface area (Å²) in [7, 11) is 1.19. The Morgan fingerprint density at radius 2 is 1.88 bits per heavy atom. The molecule has 33 heavy (non-hydrogen) atoms. The van der Waals surface area contributed by atoms with Crippen molar-refractivity contribution in [2.45, 2.75) is 20.5 Å². The van der Waals surface area contributed by atoms with Crippen LogP contribution in [0.3, 0.4) is 0 Å². The van der Waals surface area contributed by atoms with Gasteiger partial charge < -0.3 is 19.5 Å². The van der Waals surface area contributed by atoms with Crippen molar-refractivity contribution < 1.29 is 37.4 Å². The molecule has 0 atom stereocenters. The third-order valence-electron chi connectivity index (χ3n) is 4.42. The number of nitrogens with one attached hydrogen (secondary N) is 2. The molecule has 0 aliphatic carbocycles. The van der Waals surface area contributed by atoms with Crippen LogP contribution in [0, 0.1) is 6.92 Å². The monoisotopic (exact) mass is 479 g/mol. The molecule has 2 aromatic heterocycles. The first-order valence-corrected chi connectivity index (χ1v) is 10.4. The molecule has 0 unspecified atom stereocenters. The smallest absolute Gasteiger partial charge is 0.387 e. The Labute approximate surface area is 190 Å². The molecule has 0 saturated heterocycles. The molecule has 0 radical (unpaired) electrons. The molecule has 1 amide bonds. The van der Waals surface area contributed by atoms with Gasteiger partial charge in [-0.25, -0.2) is 9.59 Å². The first kappa shape index (κ1) is 23.9. The summed E-state index contributed by atoms with van der Waals surface area (Å²) in [6.07, 6.45) is 0. The maximum absolute atomic E-state index is 12.8. The van der Waals surface area contributed by atoms with Crippen molar-refractivity contribution in [1.29, 1.82) is 0 Å². The molecule has 0 aliphatic rings. The van der Waals surface area contributed by atoms with Crippen molar-refractivity contribution >= 4 is 34.2 Å². The zero-order valence-corrected chi connectivity index (χ0v) is 18.5. The number of hydrogen-bond donors (Lipinski definition) is 2. The Morgan fingerprint density at radius 3 is 2.48 bits per heavy atom. The van der Waals surface area contributed by atoms with Gasteiger partial charge in [0.2, 0.25) is 0 Å². The van der Waals surface area contributed by atoms with E-state index in [0.29, 0.717) is 16.8 Å². The van der Waals surface area contributed by atoms with Gasteiger partial charge in [-0.2, -0.15) is 13.9 Å². The summed E-state index contributed by atoms with van der Waals surface area (Å²) in [4.78, 5) is 37.4. The minimum absolute atomic E-state index is 0.0111. The number of thiophene rings is 1. The fourth-order valence-electron chi connectivity index (χ4n) is 2.90. The van der Waals surface area contributed by atoms with Crippen LogP contribution >= 0.6 is 11.3 Å². The van der Waals surface area contributed by atoms with Crippen LogP contribution in [0.4, 0.5) is 13.8 Å². The Kier molecular flexibility index (Phi) is 7.38. The highest BCUT2D eigenvalue weighted by Crippen LogP contribution is 2.34. The van der Waals surface area contributed by atoms with Crippen LogP contribution in [0.25, 0.3) is 11.3 Å². The number of amides is 1. The van der Waals surface area contributed by atoms with Crippen molar-refractivity contribution in [3.63, 3.8) is 0 Å². The quantitative estimate of drug-likeness (QED) is 0.463. The van der Waals surface area contributed by atoms with Gasteiger partial charge in [0.05, 0.1) is 25.0 Å². The number of esters is 2. The predicted molar refractivity (Wildman–Crippen MR) is 115 cm³/mol. The highest BCUT2D eigenvalue weighted by Gasteiger charge is 2.27. The number of carbonyl (C=O) groups is 3. The largest absolute Gasteiger partial charge is 0.465 e. The zero-order chi connectivity index (χ0) is 24.1. The Bertz CT molecular complexity index is 1170. The number of anilines is 1. The summed E-state index contributed by atoms with van der Waals surface area (Å²) in [5.74, 6) is -1.96. The second kappa shape index (κ2) is 10.2. The molecule has 0 spiro atoms. The summed E-state index contributed by atoms with van der Waals surface area (Å²) in [6, 6.07) is 7.18. The van der Waals surface area contributed by atoms with Gasteiger partial charge in [0.15, 0.2) is 0 Å². The van der Waals surface area contributed by atoms with Crippen LogP contribution in [-0.4, -0.2) is 48.4 Å². The molecule has 174 valence electrons. The van der Waals surface area contributed by atoms with E-state index in [2.05, 4.69) is 20.3 Å². The number of aromatic amines is 1. The van der Waals surface area contributed by atoms with Gasteiger partial charge in [-0.1, -0.05) is 0 Å². The number of alkyl halides is 2. The van der Waals surface area contributed by atoms with Crippen LogP contribution in [0.15, 0.2) is 30.3 Å². The number of aromatic nitrogens is 2. The number of benzene rings is 1. The van der Waals surface area contributed by atoms with E-state index in [9.17, 15) is 23.2 Å². The molecule has 2 heterocycles. The summed E-state index contributed by atoms with van der Waals surface area (Å²) < 4.78 is 38.7. The Morgan fingerprint density at radius 1 is 1.18 bits per heavy atom. The van der Waals surface area contributed by atoms with Crippen molar-refractivity contribution in [1.82, 2.24) is 10.2 Å². The molecule has 2 N–H and O–H groups in total. The number of carbonyl (C=O) groups excluding carboxylic acids is 3. The average Bonchev–Trinajstić information content (AvgIpc) is 3.39. The minimum atomic E-state index is -2.93. The lowest BCUT2D eigenvalue weighted by Crippen LogP contribution is -2.14. The predicted octanol–water partition coefficient (Wildman–Crippen LogP) is 4.26. The van der Waals surface area contributed by atoms with Crippen LogP contribution < -0.4 is 10.1 Å². The molecule has 3 aromatic rings.